The molecular weight excluding hydrogens is 377 g/mol. The van der Waals surface area contributed by atoms with Crippen LogP contribution >= 0.6 is 0 Å². The molecular formula is C21H30FN3O4. The number of anilines is 2. The van der Waals surface area contributed by atoms with E-state index < -0.39 is 17.5 Å². The van der Waals surface area contributed by atoms with E-state index in [9.17, 15) is 14.3 Å². The van der Waals surface area contributed by atoms with E-state index in [1.165, 1.54) is 38.4 Å². The zero-order valence-electron chi connectivity index (χ0n) is 17.6. The monoisotopic (exact) mass is 407 g/mol. The standard InChI is InChI=1S/C19H24FN3O4.C2H6/c1-13-5-6-16(15(20)11-13)22-17-12-21-8-7-14(17)18(24)23-27-10-4-9-26-19(2,3)25;1-2/h5-8,11-12,22,25H,4,9-10H2,1-3H3,(H,23,24);1-2H3. The van der Waals surface area contributed by atoms with Crippen molar-refractivity contribution in [1.29, 1.82) is 0 Å². The van der Waals surface area contributed by atoms with Crippen LogP contribution in [0.5, 0.6) is 0 Å². The number of carbonyl (C=O) groups is 1. The first-order chi connectivity index (χ1) is 13.8. The normalized spacial score (nSPS) is 10.7. The number of nitrogens with one attached hydrogen (secondary N) is 2. The Kier molecular flexibility index (Phi) is 10.2. The largest absolute Gasteiger partial charge is 0.366 e. The highest BCUT2D eigenvalue weighted by atomic mass is 19.1. The number of halogens is 1. The lowest BCUT2D eigenvalue weighted by Gasteiger charge is -2.17. The third-order valence-corrected chi connectivity index (χ3v) is 3.47. The molecule has 0 saturated carbocycles. The van der Waals surface area contributed by atoms with Gasteiger partial charge in [0.2, 0.25) is 0 Å². The Hall–Kier alpha value is -2.55. The Morgan fingerprint density at radius 3 is 2.59 bits per heavy atom. The Morgan fingerprint density at radius 2 is 1.93 bits per heavy atom. The molecule has 29 heavy (non-hydrogen) atoms. The van der Waals surface area contributed by atoms with Crippen LogP contribution < -0.4 is 10.8 Å². The Labute approximate surface area is 171 Å². The summed E-state index contributed by atoms with van der Waals surface area (Å²) in [6.07, 6.45) is 3.38. The van der Waals surface area contributed by atoms with Gasteiger partial charge in [0.1, 0.15) is 5.82 Å². The Bertz CT molecular complexity index is 779. The molecule has 1 amide bonds. The number of hydrogen-bond acceptors (Lipinski definition) is 6. The quantitative estimate of drug-likeness (QED) is 0.329. The second kappa shape index (κ2) is 12.1. The van der Waals surface area contributed by atoms with E-state index in [0.29, 0.717) is 12.1 Å². The van der Waals surface area contributed by atoms with E-state index in [1.807, 2.05) is 13.8 Å². The molecule has 2 aromatic rings. The third kappa shape index (κ3) is 8.99. The maximum Gasteiger partial charge on any atom is 0.277 e. The Morgan fingerprint density at radius 1 is 1.21 bits per heavy atom. The van der Waals surface area contributed by atoms with Crippen LogP contribution in [0.3, 0.4) is 0 Å². The van der Waals surface area contributed by atoms with Gasteiger partial charge in [-0.05, 0) is 51.0 Å². The van der Waals surface area contributed by atoms with Crippen LogP contribution in [0.2, 0.25) is 0 Å². The number of amides is 1. The first kappa shape index (κ1) is 24.5. The molecule has 0 spiro atoms. The summed E-state index contributed by atoms with van der Waals surface area (Å²) in [5.74, 6) is -2.12. The molecule has 1 aromatic heterocycles. The van der Waals surface area contributed by atoms with Crippen LogP contribution in [-0.2, 0) is 9.57 Å². The Balaban J connectivity index is 0.00000204. The van der Waals surface area contributed by atoms with Crippen molar-refractivity contribution in [2.45, 2.75) is 46.8 Å². The van der Waals surface area contributed by atoms with Gasteiger partial charge >= 0.3 is 0 Å². The zero-order chi connectivity index (χ0) is 21.9. The van der Waals surface area contributed by atoms with Crippen LogP contribution in [-0.4, -0.2) is 35.0 Å². The van der Waals surface area contributed by atoms with E-state index in [1.54, 1.807) is 19.1 Å². The minimum absolute atomic E-state index is 0.211. The highest BCUT2D eigenvalue weighted by molar-refractivity contribution is 5.99. The number of benzene rings is 1. The van der Waals surface area contributed by atoms with Crippen LogP contribution in [0.25, 0.3) is 0 Å². The van der Waals surface area contributed by atoms with Gasteiger partial charge in [-0.2, -0.15) is 0 Å². The molecule has 0 saturated heterocycles. The lowest BCUT2D eigenvalue weighted by Crippen LogP contribution is -2.27. The van der Waals surface area contributed by atoms with E-state index in [0.717, 1.165) is 5.56 Å². The van der Waals surface area contributed by atoms with E-state index in [4.69, 9.17) is 9.57 Å². The number of rotatable bonds is 9. The van der Waals surface area contributed by atoms with Gasteiger partial charge in [0.05, 0.1) is 36.3 Å². The average molecular weight is 407 g/mol. The van der Waals surface area contributed by atoms with Gasteiger partial charge in [-0.1, -0.05) is 19.9 Å². The van der Waals surface area contributed by atoms with Gasteiger partial charge in [-0.15, -0.1) is 0 Å². The van der Waals surface area contributed by atoms with Crippen molar-refractivity contribution in [3.63, 3.8) is 0 Å². The molecule has 0 fully saturated rings. The number of hydrogen-bond donors (Lipinski definition) is 3. The summed E-state index contributed by atoms with van der Waals surface area (Å²) < 4.78 is 19.2. The van der Waals surface area contributed by atoms with Crippen molar-refractivity contribution in [3.05, 3.63) is 53.6 Å². The van der Waals surface area contributed by atoms with Crippen molar-refractivity contribution >= 4 is 17.3 Å². The molecule has 8 heteroatoms. The third-order valence-electron chi connectivity index (χ3n) is 3.47. The van der Waals surface area contributed by atoms with Crippen LogP contribution in [0, 0.1) is 12.7 Å². The number of aromatic nitrogens is 1. The number of ether oxygens (including phenoxy) is 1. The molecule has 0 aliphatic rings. The van der Waals surface area contributed by atoms with Gasteiger partial charge in [-0.3, -0.25) is 14.6 Å². The molecule has 1 aromatic carbocycles. The molecule has 160 valence electrons. The van der Waals surface area contributed by atoms with Crippen molar-refractivity contribution in [2.75, 3.05) is 18.5 Å². The average Bonchev–Trinajstić information content (AvgIpc) is 2.68. The zero-order valence-corrected chi connectivity index (χ0v) is 17.6. The SMILES string of the molecule is CC.Cc1ccc(Nc2cnccc2C(=O)NOCCCOC(C)(C)O)c(F)c1. The summed E-state index contributed by atoms with van der Waals surface area (Å²) in [7, 11) is 0. The minimum atomic E-state index is -1.20. The summed E-state index contributed by atoms with van der Waals surface area (Å²) in [4.78, 5) is 21.4. The lowest BCUT2D eigenvalue weighted by molar-refractivity contribution is -0.178. The molecule has 0 atom stereocenters. The van der Waals surface area contributed by atoms with Crippen molar-refractivity contribution in [1.82, 2.24) is 10.5 Å². The van der Waals surface area contributed by atoms with E-state index >= 15 is 0 Å². The molecule has 0 aliphatic heterocycles. The van der Waals surface area contributed by atoms with Gasteiger partial charge in [0.15, 0.2) is 5.79 Å². The fourth-order valence-corrected chi connectivity index (χ4v) is 2.18. The number of aliphatic hydroxyl groups is 1. The molecule has 0 aliphatic carbocycles. The summed E-state index contributed by atoms with van der Waals surface area (Å²) >= 11 is 0. The number of pyridine rings is 1. The van der Waals surface area contributed by atoms with E-state index in [-0.39, 0.29) is 24.5 Å². The predicted molar refractivity (Wildman–Crippen MR) is 110 cm³/mol. The van der Waals surface area contributed by atoms with Gasteiger partial charge in [-0.25, -0.2) is 9.87 Å². The molecule has 2 rings (SSSR count). The fourth-order valence-electron chi connectivity index (χ4n) is 2.18. The molecule has 3 N–H and O–H groups in total. The van der Waals surface area contributed by atoms with Crippen LogP contribution in [0.4, 0.5) is 15.8 Å². The van der Waals surface area contributed by atoms with Gasteiger partial charge < -0.3 is 15.2 Å². The number of carbonyl (C=O) groups excluding carboxylic acids is 1. The number of nitrogens with zero attached hydrogens (tertiary/aromatic N) is 1. The van der Waals surface area contributed by atoms with Gasteiger partial charge in [0.25, 0.3) is 5.91 Å². The van der Waals surface area contributed by atoms with E-state index in [2.05, 4.69) is 15.8 Å². The first-order valence-electron chi connectivity index (χ1n) is 9.52. The van der Waals surface area contributed by atoms with Crippen molar-refractivity contribution in [2.24, 2.45) is 0 Å². The highest BCUT2D eigenvalue weighted by Gasteiger charge is 2.14. The minimum Gasteiger partial charge on any atom is -0.366 e. The summed E-state index contributed by atoms with van der Waals surface area (Å²) in [5.41, 5.74) is 3.98. The second-order valence-electron chi connectivity index (χ2n) is 6.46. The first-order valence-corrected chi connectivity index (χ1v) is 9.52. The molecule has 0 bridgehead atoms. The summed E-state index contributed by atoms with van der Waals surface area (Å²) in [5, 5.41) is 12.3. The lowest BCUT2D eigenvalue weighted by atomic mass is 10.2. The molecule has 0 radical (unpaired) electrons. The fraction of sp³-hybridized carbons (Fsp3) is 0.429. The van der Waals surface area contributed by atoms with Gasteiger partial charge in [0, 0.05) is 6.20 Å². The molecule has 0 unspecified atom stereocenters. The number of hydroxylamine groups is 1. The van der Waals surface area contributed by atoms with Crippen molar-refractivity contribution in [3.8, 4) is 0 Å². The molecule has 7 nitrogen and oxygen atoms in total. The molecule has 1 heterocycles. The maximum atomic E-state index is 14.0. The van der Waals surface area contributed by atoms with Crippen LogP contribution in [0.15, 0.2) is 36.7 Å². The summed E-state index contributed by atoms with van der Waals surface area (Å²) in [6, 6.07) is 6.26. The van der Waals surface area contributed by atoms with Crippen molar-refractivity contribution < 1.29 is 23.9 Å². The smallest absolute Gasteiger partial charge is 0.277 e. The topological polar surface area (TPSA) is 92.7 Å². The predicted octanol–water partition coefficient (Wildman–Crippen LogP) is 4.10. The highest BCUT2D eigenvalue weighted by Crippen LogP contribution is 2.23. The summed E-state index contributed by atoms with van der Waals surface area (Å²) in [6.45, 7) is 9.35. The number of aryl methyl sites for hydroxylation is 1. The van der Waals surface area contributed by atoms with Crippen LogP contribution in [0.1, 0.15) is 50.0 Å². The second-order valence-corrected chi connectivity index (χ2v) is 6.46. The maximum absolute atomic E-state index is 14.0.